The van der Waals surface area contributed by atoms with E-state index in [1.807, 2.05) is 31.2 Å². The van der Waals surface area contributed by atoms with Gasteiger partial charge in [-0.1, -0.05) is 47.8 Å². The van der Waals surface area contributed by atoms with Gasteiger partial charge in [0, 0.05) is 32.4 Å². The number of ether oxygens (including phenoxy) is 1. The SMILES string of the molecule is C=C(C)c1ccc(CNC(=O)[C@H]2CN(c3nc4cc[nH]c(=O)c4s3)CCN2S(=O)(=O)c2ccc(OC(F)(F)F)cc2)cc1. The number of allylic oxidation sites excluding steroid dienone is 1. The molecule has 2 N–H and O–H groups in total. The molecule has 2 aromatic carbocycles. The fraction of sp³-hybridized carbons (Fsp3) is 0.250. The van der Waals surface area contributed by atoms with E-state index in [1.165, 1.54) is 6.20 Å². The molecule has 10 nitrogen and oxygen atoms in total. The number of aromatic nitrogens is 2. The van der Waals surface area contributed by atoms with E-state index < -0.39 is 34.1 Å². The number of hydrogen-bond donors (Lipinski definition) is 2. The zero-order valence-corrected chi connectivity index (χ0v) is 24.4. The Morgan fingerprint density at radius 2 is 1.84 bits per heavy atom. The number of halogens is 3. The van der Waals surface area contributed by atoms with Crippen LogP contribution in [-0.2, 0) is 21.4 Å². The molecule has 2 aromatic heterocycles. The molecule has 43 heavy (non-hydrogen) atoms. The number of hydrogen-bond acceptors (Lipinski definition) is 8. The summed E-state index contributed by atoms with van der Waals surface area (Å²) in [5.41, 5.74) is 2.77. The highest BCUT2D eigenvalue weighted by molar-refractivity contribution is 7.89. The normalized spacial score (nSPS) is 16.3. The number of benzene rings is 2. The third-order valence-corrected chi connectivity index (χ3v) is 9.84. The molecule has 0 saturated carbocycles. The number of pyridine rings is 1. The van der Waals surface area contributed by atoms with Gasteiger partial charge in [0.25, 0.3) is 5.56 Å². The number of nitrogens with one attached hydrogen (secondary N) is 2. The third kappa shape index (κ3) is 6.73. The first-order valence-electron chi connectivity index (χ1n) is 13.0. The number of amides is 1. The average Bonchev–Trinajstić information content (AvgIpc) is 3.41. The van der Waals surface area contributed by atoms with Crippen molar-refractivity contribution in [2.45, 2.75) is 30.8 Å². The molecule has 0 aliphatic carbocycles. The number of aromatic amines is 1. The molecule has 1 aliphatic rings. The van der Waals surface area contributed by atoms with Gasteiger partial charge in [0.15, 0.2) is 5.13 Å². The third-order valence-electron chi connectivity index (χ3n) is 6.79. The lowest BCUT2D eigenvalue weighted by Gasteiger charge is -2.39. The molecule has 1 amide bonds. The second-order valence-electron chi connectivity index (χ2n) is 9.81. The maximum Gasteiger partial charge on any atom is 0.573 e. The van der Waals surface area contributed by atoms with Gasteiger partial charge in [-0.15, -0.1) is 13.2 Å². The van der Waals surface area contributed by atoms with Crippen molar-refractivity contribution in [3.8, 4) is 5.75 Å². The van der Waals surface area contributed by atoms with Crippen LogP contribution < -0.4 is 20.5 Å². The molecule has 4 aromatic rings. The molecule has 1 saturated heterocycles. The number of fused-ring (bicyclic) bond motifs is 1. The van der Waals surface area contributed by atoms with Gasteiger partial charge in [0.1, 0.15) is 16.5 Å². The predicted molar refractivity (Wildman–Crippen MR) is 156 cm³/mol. The molecule has 0 bridgehead atoms. The maximum atomic E-state index is 13.7. The van der Waals surface area contributed by atoms with E-state index in [9.17, 15) is 31.2 Å². The molecule has 226 valence electrons. The van der Waals surface area contributed by atoms with Crippen LogP contribution in [0.15, 0.2) is 77.1 Å². The summed E-state index contributed by atoms with van der Waals surface area (Å²) >= 11 is 1.13. The molecule has 0 spiro atoms. The second kappa shape index (κ2) is 11.8. The Morgan fingerprint density at radius 3 is 2.47 bits per heavy atom. The number of H-pyrrole nitrogens is 1. The van der Waals surface area contributed by atoms with Crippen molar-refractivity contribution in [3.63, 3.8) is 0 Å². The molecule has 1 aliphatic heterocycles. The molecule has 15 heteroatoms. The van der Waals surface area contributed by atoms with Crippen LogP contribution in [0.3, 0.4) is 0 Å². The topological polar surface area (TPSA) is 125 Å². The fourth-order valence-electron chi connectivity index (χ4n) is 4.60. The lowest BCUT2D eigenvalue weighted by molar-refractivity contribution is -0.274. The summed E-state index contributed by atoms with van der Waals surface area (Å²) in [6.45, 7) is 5.85. The Labute approximate surface area is 248 Å². The predicted octanol–water partition coefficient (Wildman–Crippen LogP) is 4.11. The van der Waals surface area contributed by atoms with Crippen molar-refractivity contribution in [2.24, 2.45) is 0 Å². The smallest absolute Gasteiger partial charge is 0.406 e. The minimum Gasteiger partial charge on any atom is -0.406 e. The van der Waals surface area contributed by atoms with Gasteiger partial charge >= 0.3 is 6.36 Å². The van der Waals surface area contributed by atoms with Crippen LogP contribution in [0.2, 0.25) is 0 Å². The van der Waals surface area contributed by atoms with E-state index in [0.29, 0.717) is 15.3 Å². The van der Waals surface area contributed by atoms with Crippen LogP contribution in [0.25, 0.3) is 15.8 Å². The quantitative estimate of drug-likeness (QED) is 0.299. The van der Waals surface area contributed by atoms with E-state index in [2.05, 4.69) is 26.6 Å². The zero-order valence-electron chi connectivity index (χ0n) is 22.7. The van der Waals surface area contributed by atoms with Gasteiger partial charge < -0.3 is 19.9 Å². The minimum absolute atomic E-state index is 0.0767. The molecule has 0 unspecified atom stereocenters. The summed E-state index contributed by atoms with van der Waals surface area (Å²) < 4.78 is 70.5. The molecule has 5 rings (SSSR count). The zero-order chi connectivity index (χ0) is 30.9. The van der Waals surface area contributed by atoms with Crippen molar-refractivity contribution in [3.05, 3.63) is 88.9 Å². The van der Waals surface area contributed by atoms with Gasteiger partial charge in [-0.25, -0.2) is 13.4 Å². The summed E-state index contributed by atoms with van der Waals surface area (Å²) in [4.78, 5) is 34.3. The molecular formula is C28H26F3N5O5S2. The van der Waals surface area contributed by atoms with Gasteiger partial charge in [-0.05, 0) is 48.4 Å². The molecular weight excluding hydrogens is 607 g/mol. The van der Waals surface area contributed by atoms with Crippen LogP contribution in [0.1, 0.15) is 18.1 Å². The maximum absolute atomic E-state index is 13.7. The van der Waals surface area contributed by atoms with Crippen LogP contribution in [-0.4, -0.2) is 60.6 Å². The fourth-order valence-corrected chi connectivity index (χ4v) is 7.16. The molecule has 3 heterocycles. The van der Waals surface area contributed by atoms with E-state index in [-0.39, 0.29) is 36.6 Å². The van der Waals surface area contributed by atoms with Gasteiger partial charge in [0.05, 0.1) is 10.4 Å². The van der Waals surface area contributed by atoms with Crippen LogP contribution in [0.4, 0.5) is 18.3 Å². The highest BCUT2D eigenvalue weighted by atomic mass is 32.2. The molecule has 0 radical (unpaired) electrons. The molecule has 1 atom stereocenters. The largest absolute Gasteiger partial charge is 0.573 e. The van der Waals surface area contributed by atoms with Crippen molar-refractivity contribution in [2.75, 3.05) is 24.5 Å². The first-order valence-corrected chi connectivity index (χ1v) is 15.2. The van der Waals surface area contributed by atoms with Crippen molar-refractivity contribution in [1.82, 2.24) is 19.6 Å². The Balaban J connectivity index is 1.41. The summed E-state index contributed by atoms with van der Waals surface area (Å²) in [6.07, 6.45) is -3.46. The summed E-state index contributed by atoms with van der Waals surface area (Å²) in [6, 6.07) is 11.6. The number of rotatable bonds is 8. The average molecular weight is 634 g/mol. The summed E-state index contributed by atoms with van der Waals surface area (Å²) in [5, 5.41) is 3.25. The lowest BCUT2D eigenvalue weighted by atomic mass is 10.1. The van der Waals surface area contributed by atoms with Gasteiger partial charge in [-0.3, -0.25) is 9.59 Å². The van der Waals surface area contributed by atoms with Crippen molar-refractivity contribution in [1.29, 1.82) is 0 Å². The Kier molecular flexibility index (Phi) is 8.31. The van der Waals surface area contributed by atoms with Gasteiger partial charge in [0.2, 0.25) is 15.9 Å². The van der Waals surface area contributed by atoms with Crippen molar-refractivity contribution < 1.29 is 31.1 Å². The van der Waals surface area contributed by atoms with E-state index in [4.69, 9.17) is 0 Å². The summed E-state index contributed by atoms with van der Waals surface area (Å²) in [5.74, 6) is -1.15. The van der Waals surface area contributed by atoms with E-state index >= 15 is 0 Å². The number of piperazine rings is 1. The van der Waals surface area contributed by atoms with Crippen LogP contribution >= 0.6 is 11.3 Å². The van der Waals surface area contributed by atoms with Gasteiger partial charge in [-0.2, -0.15) is 4.31 Å². The molecule has 1 fully saturated rings. The number of carbonyl (C=O) groups is 1. The number of sulfonamides is 1. The first-order chi connectivity index (χ1) is 20.3. The van der Waals surface area contributed by atoms with Crippen LogP contribution in [0, 0.1) is 0 Å². The van der Waals surface area contributed by atoms with Crippen molar-refractivity contribution >= 4 is 48.2 Å². The second-order valence-corrected chi connectivity index (χ2v) is 12.7. The Bertz CT molecular complexity index is 1820. The first kappa shape index (κ1) is 30.3. The Morgan fingerprint density at radius 1 is 1.14 bits per heavy atom. The highest BCUT2D eigenvalue weighted by Crippen LogP contribution is 2.31. The Hall–Kier alpha value is -4.21. The number of anilines is 1. The standard InChI is InChI=1S/C28H26F3N5O5S2/c1-17(2)19-5-3-18(4-6-19)15-33-25(37)23-16-35(27-34-22-11-12-32-26(38)24(22)42-27)13-14-36(23)43(39,40)21-9-7-20(8-10-21)41-28(29,30)31/h3-12,23H,1,13-16H2,2H3,(H,32,38)(H,33,37)/t23-/m1/s1. The van der Waals surface area contributed by atoms with E-state index in [0.717, 1.165) is 56.6 Å². The lowest BCUT2D eigenvalue weighted by Crippen LogP contribution is -2.60. The van der Waals surface area contributed by atoms with Crippen LogP contribution in [0.5, 0.6) is 5.75 Å². The number of nitrogens with zero attached hydrogens (tertiary/aromatic N) is 3. The minimum atomic E-state index is -4.93. The number of carbonyl (C=O) groups excluding carboxylic acids is 1. The highest BCUT2D eigenvalue weighted by Gasteiger charge is 2.41. The number of alkyl halides is 3. The van der Waals surface area contributed by atoms with E-state index in [1.54, 1.807) is 11.0 Å². The monoisotopic (exact) mass is 633 g/mol. The number of thiazole rings is 1. The summed E-state index contributed by atoms with van der Waals surface area (Å²) in [7, 11) is -4.32.